The maximum atomic E-state index is 4.26. The summed E-state index contributed by atoms with van der Waals surface area (Å²) in [5.41, 5.74) is 3.63. The number of benzene rings is 1. The summed E-state index contributed by atoms with van der Waals surface area (Å²) < 4.78 is 2.25. The molecular weight excluding hydrogens is 372 g/mol. The molecule has 0 aromatic heterocycles. The van der Waals surface area contributed by atoms with Gasteiger partial charge in [-0.2, -0.15) is 0 Å². The van der Waals surface area contributed by atoms with Crippen LogP contribution in [-0.2, 0) is 0 Å². The maximum Gasteiger partial charge on any atom is 0.0209 e. The standard InChI is InChI=1S/C15H10Br2S/c1-9-12-5-2-10(16)4-7-14(12)18-15-8-11(17)3-6-13(9)15/h2-6,8H,1,7H2. The van der Waals surface area contributed by atoms with Gasteiger partial charge in [0.2, 0.25) is 0 Å². The van der Waals surface area contributed by atoms with Gasteiger partial charge in [0.15, 0.2) is 0 Å². The molecule has 0 atom stereocenters. The minimum atomic E-state index is 0.957. The van der Waals surface area contributed by atoms with Gasteiger partial charge < -0.3 is 0 Å². The summed E-state index contributed by atoms with van der Waals surface area (Å²) in [5, 5.41) is 0. The van der Waals surface area contributed by atoms with Gasteiger partial charge in [0.05, 0.1) is 0 Å². The second-order valence-corrected chi connectivity index (χ2v) is 7.15. The van der Waals surface area contributed by atoms with Crippen molar-refractivity contribution in [1.82, 2.24) is 0 Å². The van der Waals surface area contributed by atoms with E-state index >= 15 is 0 Å². The van der Waals surface area contributed by atoms with Gasteiger partial charge in [0.1, 0.15) is 0 Å². The predicted molar refractivity (Wildman–Crippen MR) is 86.8 cm³/mol. The molecule has 0 spiro atoms. The number of halogens is 2. The zero-order valence-electron chi connectivity index (χ0n) is 9.54. The van der Waals surface area contributed by atoms with Crippen LogP contribution in [0, 0.1) is 0 Å². The predicted octanol–water partition coefficient (Wildman–Crippen LogP) is 6.06. The van der Waals surface area contributed by atoms with Crippen molar-refractivity contribution in [2.45, 2.75) is 11.3 Å². The van der Waals surface area contributed by atoms with E-state index in [1.807, 2.05) is 11.8 Å². The number of allylic oxidation sites excluding steroid dienone is 7. The van der Waals surface area contributed by atoms with E-state index in [0.29, 0.717) is 0 Å². The summed E-state index contributed by atoms with van der Waals surface area (Å²) in [6.07, 6.45) is 7.40. The lowest BCUT2D eigenvalue weighted by Gasteiger charge is -2.22. The molecule has 1 heterocycles. The smallest absolute Gasteiger partial charge is 0.0209 e. The van der Waals surface area contributed by atoms with Crippen molar-refractivity contribution >= 4 is 49.2 Å². The zero-order chi connectivity index (χ0) is 12.7. The van der Waals surface area contributed by atoms with Crippen molar-refractivity contribution in [2.75, 3.05) is 0 Å². The first-order valence-electron chi connectivity index (χ1n) is 5.59. The van der Waals surface area contributed by atoms with E-state index in [4.69, 9.17) is 0 Å². The Balaban J connectivity index is 2.11. The molecule has 18 heavy (non-hydrogen) atoms. The molecule has 0 N–H and O–H groups in total. The Morgan fingerprint density at radius 3 is 2.83 bits per heavy atom. The lowest BCUT2D eigenvalue weighted by molar-refractivity contribution is 1.29. The molecule has 90 valence electrons. The van der Waals surface area contributed by atoms with Gasteiger partial charge in [-0.3, -0.25) is 0 Å². The highest BCUT2D eigenvalue weighted by molar-refractivity contribution is 9.12. The van der Waals surface area contributed by atoms with E-state index in [2.05, 4.69) is 74.9 Å². The molecule has 0 saturated heterocycles. The monoisotopic (exact) mass is 380 g/mol. The van der Waals surface area contributed by atoms with E-state index in [9.17, 15) is 0 Å². The largest absolute Gasteiger partial charge is 0.0929 e. The van der Waals surface area contributed by atoms with Crippen LogP contribution in [0.4, 0.5) is 0 Å². The summed E-state index contributed by atoms with van der Waals surface area (Å²) >= 11 is 8.92. The molecule has 1 aromatic carbocycles. The number of hydrogen-bond donors (Lipinski definition) is 0. The maximum absolute atomic E-state index is 4.26. The first-order valence-corrected chi connectivity index (χ1v) is 7.99. The van der Waals surface area contributed by atoms with Crippen LogP contribution in [0.25, 0.3) is 5.57 Å². The first-order chi connectivity index (χ1) is 8.65. The first kappa shape index (κ1) is 12.5. The lowest BCUT2D eigenvalue weighted by atomic mass is 9.98. The SMILES string of the molecule is C=C1C2=C(CC=C(Br)C=C2)Sc2cc(Br)ccc21. The normalized spacial score (nSPS) is 18.1. The van der Waals surface area contributed by atoms with Crippen LogP contribution >= 0.6 is 43.6 Å². The van der Waals surface area contributed by atoms with Crippen molar-refractivity contribution in [3.05, 3.63) is 68.0 Å². The van der Waals surface area contributed by atoms with E-state index in [0.717, 1.165) is 20.9 Å². The van der Waals surface area contributed by atoms with Crippen molar-refractivity contribution in [3.8, 4) is 0 Å². The van der Waals surface area contributed by atoms with E-state index < -0.39 is 0 Å². The summed E-state index contributed by atoms with van der Waals surface area (Å²) in [7, 11) is 0. The molecule has 3 rings (SSSR count). The van der Waals surface area contributed by atoms with E-state index in [1.54, 1.807) is 0 Å². The topological polar surface area (TPSA) is 0 Å². The second kappa shape index (κ2) is 4.87. The molecule has 0 saturated carbocycles. The van der Waals surface area contributed by atoms with Crippen LogP contribution in [0.2, 0.25) is 0 Å². The molecule has 1 aliphatic heterocycles. The van der Waals surface area contributed by atoms with Gasteiger partial charge >= 0.3 is 0 Å². The van der Waals surface area contributed by atoms with E-state index in [-0.39, 0.29) is 0 Å². The highest BCUT2D eigenvalue weighted by Crippen LogP contribution is 2.47. The Bertz CT molecular complexity index is 636. The van der Waals surface area contributed by atoms with Crippen LogP contribution in [-0.4, -0.2) is 0 Å². The third-order valence-electron chi connectivity index (χ3n) is 3.02. The molecule has 1 aliphatic carbocycles. The third-order valence-corrected chi connectivity index (χ3v) is 5.29. The molecular formula is C15H10Br2S. The van der Waals surface area contributed by atoms with Crippen LogP contribution in [0.5, 0.6) is 0 Å². The van der Waals surface area contributed by atoms with Crippen molar-refractivity contribution in [3.63, 3.8) is 0 Å². The molecule has 2 aliphatic rings. The van der Waals surface area contributed by atoms with Crippen molar-refractivity contribution in [2.24, 2.45) is 0 Å². The minimum Gasteiger partial charge on any atom is -0.0929 e. The van der Waals surface area contributed by atoms with Crippen LogP contribution < -0.4 is 0 Å². The quantitative estimate of drug-likeness (QED) is 0.526. The van der Waals surface area contributed by atoms with Gasteiger partial charge in [0, 0.05) is 18.8 Å². The molecule has 0 radical (unpaired) electrons. The fourth-order valence-electron chi connectivity index (χ4n) is 2.10. The highest BCUT2D eigenvalue weighted by Gasteiger charge is 2.21. The van der Waals surface area contributed by atoms with Gasteiger partial charge in [-0.15, -0.1) is 0 Å². The molecule has 0 fully saturated rings. The lowest BCUT2D eigenvalue weighted by Crippen LogP contribution is -1.98. The Kier molecular flexibility index (Phi) is 3.39. The molecule has 0 unspecified atom stereocenters. The van der Waals surface area contributed by atoms with E-state index in [1.165, 1.54) is 20.9 Å². The van der Waals surface area contributed by atoms with Gasteiger partial charge in [0.25, 0.3) is 0 Å². The van der Waals surface area contributed by atoms with Crippen LogP contribution in [0.15, 0.2) is 67.3 Å². The number of rotatable bonds is 0. The number of fused-ring (bicyclic) bond motifs is 1. The Morgan fingerprint density at radius 2 is 2.00 bits per heavy atom. The van der Waals surface area contributed by atoms with Crippen molar-refractivity contribution in [1.29, 1.82) is 0 Å². The van der Waals surface area contributed by atoms with Crippen LogP contribution in [0.3, 0.4) is 0 Å². The molecule has 3 heteroatoms. The minimum absolute atomic E-state index is 0.957. The molecule has 1 aromatic rings. The Labute approximate surface area is 128 Å². The number of hydrogen-bond acceptors (Lipinski definition) is 1. The zero-order valence-corrected chi connectivity index (χ0v) is 13.5. The van der Waals surface area contributed by atoms with Crippen LogP contribution in [0.1, 0.15) is 12.0 Å². The fraction of sp³-hybridized carbons (Fsp3) is 0.0667. The molecule has 0 nitrogen and oxygen atoms in total. The average molecular weight is 382 g/mol. The van der Waals surface area contributed by atoms with Crippen molar-refractivity contribution < 1.29 is 0 Å². The number of thioether (sulfide) groups is 1. The third kappa shape index (κ3) is 2.20. The van der Waals surface area contributed by atoms with Gasteiger partial charge in [-0.05, 0) is 41.3 Å². The average Bonchev–Trinajstić information content (AvgIpc) is 2.52. The molecule has 0 amide bonds. The fourth-order valence-corrected chi connectivity index (χ4v) is 4.12. The highest BCUT2D eigenvalue weighted by atomic mass is 79.9. The second-order valence-electron chi connectivity index (χ2n) is 4.18. The summed E-state index contributed by atoms with van der Waals surface area (Å²) in [6, 6.07) is 6.38. The Morgan fingerprint density at radius 1 is 1.17 bits per heavy atom. The Hall–Kier alpha value is -0.510. The summed E-state index contributed by atoms with van der Waals surface area (Å²) in [6.45, 7) is 4.26. The van der Waals surface area contributed by atoms with Gasteiger partial charge in [-0.1, -0.05) is 68.4 Å². The summed E-state index contributed by atoms with van der Waals surface area (Å²) in [5.74, 6) is 0. The molecule has 0 bridgehead atoms. The summed E-state index contributed by atoms with van der Waals surface area (Å²) in [4.78, 5) is 2.66. The van der Waals surface area contributed by atoms with Gasteiger partial charge in [-0.25, -0.2) is 0 Å².